The van der Waals surface area contributed by atoms with Crippen LogP contribution >= 0.6 is 0 Å². The molecule has 1 aliphatic heterocycles. The third-order valence-electron chi connectivity index (χ3n) is 3.38. The van der Waals surface area contributed by atoms with Gasteiger partial charge in [0.1, 0.15) is 0 Å². The second-order valence-electron chi connectivity index (χ2n) is 4.47. The van der Waals surface area contributed by atoms with Crippen LogP contribution in [0, 0.1) is 5.92 Å². The maximum atomic E-state index is 11.2. The molecule has 2 atom stereocenters. The largest absolute Gasteiger partial charge is 0.481 e. The van der Waals surface area contributed by atoms with Gasteiger partial charge in [-0.25, -0.2) is 0 Å². The number of carboxylic acid groups (broad SMARTS) is 1. The van der Waals surface area contributed by atoms with E-state index in [1.807, 2.05) is 19.1 Å². The van der Waals surface area contributed by atoms with Crippen molar-refractivity contribution in [2.24, 2.45) is 5.92 Å². The van der Waals surface area contributed by atoms with Crippen LogP contribution in [0.25, 0.3) is 0 Å². The van der Waals surface area contributed by atoms with Crippen molar-refractivity contribution in [2.75, 3.05) is 19.8 Å². The van der Waals surface area contributed by atoms with E-state index in [9.17, 15) is 9.90 Å². The first-order valence-electron chi connectivity index (χ1n) is 6.16. The van der Waals surface area contributed by atoms with Crippen LogP contribution in [0.15, 0.2) is 24.5 Å². The highest BCUT2D eigenvalue weighted by molar-refractivity contribution is 5.71. The van der Waals surface area contributed by atoms with E-state index in [1.165, 1.54) is 0 Å². The highest BCUT2D eigenvalue weighted by Crippen LogP contribution is 2.21. The van der Waals surface area contributed by atoms with Gasteiger partial charge < -0.3 is 9.84 Å². The van der Waals surface area contributed by atoms with Crippen LogP contribution < -0.4 is 0 Å². The van der Waals surface area contributed by atoms with E-state index in [0.717, 1.165) is 18.7 Å². The molecule has 2 unspecified atom stereocenters. The monoisotopic (exact) mass is 250 g/mol. The molecule has 0 bridgehead atoms. The number of carboxylic acids is 1. The third kappa shape index (κ3) is 2.86. The lowest BCUT2D eigenvalue weighted by Crippen LogP contribution is -2.42. The summed E-state index contributed by atoms with van der Waals surface area (Å²) in [6.07, 6.45) is 3.51. The van der Waals surface area contributed by atoms with Gasteiger partial charge in [-0.1, -0.05) is 6.92 Å². The van der Waals surface area contributed by atoms with Crippen LogP contribution in [0.1, 0.15) is 12.5 Å². The highest BCUT2D eigenvalue weighted by atomic mass is 16.5. The summed E-state index contributed by atoms with van der Waals surface area (Å²) in [4.78, 5) is 17.3. The van der Waals surface area contributed by atoms with E-state index < -0.39 is 11.9 Å². The SMILES string of the molecule is CCN(Cc1ccncc1)C1COCC1C(=O)O. The van der Waals surface area contributed by atoms with Gasteiger partial charge in [0.05, 0.1) is 19.1 Å². The molecule has 1 N–H and O–H groups in total. The molecule has 2 rings (SSSR count). The fourth-order valence-electron chi connectivity index (χ4n) is 2.33. The van der Waals surface area contributed by atoms with E-state index in [2.05, 4.69) is 9.88 Å². The predicted octanol–water partition coefficient (Wildman–Crippen LogP) is 1.00. The molecule has 0 amide bonds. The lowest BCUT2D eigenvalue weighted by Gasteiger charge is -2.29. The van der Waals surface area contributed by atoms with E-state index in [1.54, 1.807) is 12.4 Å². The van der Waals surface area contributed by atoms with Crippen molar-refractivity contribution in [1.29, 1.82) is 0 Å². The normalized spacial score (nSPS) is 23.4. The Morgan fingerprint density at radius 1 is 1.50 bits per heavy atom. The van der Waals surface area contributed by atoms with Gasteiger partial charge in [0.15, 0.2) is 0 Å². The Hall–Kier alpha value is -1.46. The van der Waals surface area contributed by atoms with Crippen molar-refractivity contribution in [2.45, 2.75) is 19.5 Å². The van der Waals surface area contributed by atoms with Gasteiger partial charge in [-0.05, 0) is 24.2 Å². The minimum Gasteiger partial charge on any atom is -0.481 e. The van der Waals surface area contributed by atoms with Crippen LogP contribution in [0.2, 0.25) is 0 Å². The first kappa shape index (κ1) is 13.0. The van der Waals surface area contributed by atoms with E-state index >= 15 is 0 Å². The van der Waals surface area contributed by atoms with Crippen molar-refractivity contribution >= 4 is 5.97 Å². The standard InChI is InChI=1S/C13H18N2O3/c1-2-15(7-10-3-5-14-6-4-10)12-9-18-8-11(12)13(16)17/h3-6,11-12H,2,7-9H2,1H3,(H,16,17). The van der Waals surface area contributed by atoms with Crippen molar-refractivity contribution in [3.63, 3.8) is 0 Å². The summed E-state index contributed by atoms with van der Waals surface area (Å²) in [5.74, 6) is -1.20. The maximum absolute atomic E-state index is 11.2. The van der Waals surface area contributed by atoms with Gasteiger partial charge in [0.25, 0.3) is 0 Å². The molecule has 5 nitrogen and oxygen atoms in total. The number of aromatic nitrogens is 1. The minimum atomic E-state index is -0.773. The zero-order valence-electron chi connectivity index (χ0n) is 10.5. The van der Waals surface area contributed by atoms with E-state index in [0.29, 0.717) is 13.2 Å². The molecule has 0 aliphatic carbocycles. The fraction of sp³-hybridized carbons (Fsp3) is 0.538. The second kappa shape index (κ2) is 5.93. The van der Waals surface area contributed by atoms with Crippen LogP contribution in [0.3, 0.4) is 0 Å². The third-order valence-corrected chi connectivity index (χ3v) is 3.38. The molecule has 0 radical (unpaired) electrons. The molecule has 1 saturated heterocycles. The molecule has 0 aromatic carbocycles. The topological polar surface area (TPSA) is 62.7 Å². The fourth-order valence-corrected chi connectivity index (χ4v) is 2.33. The number of rotatable bonds is 5. The van der Waals surface area contributed by atoms with Gasteiger partial charge in [-0.2, -0.15) is 0 Å². The average Bonchev–Trinajstić information content (AvgIpc) is 2.86. The first-order chi connectivity index (χ1) is 8.72. The number of nitrogens with zero attached hydrogens (tertiary/aromatic N) is 2. The number of ether oxygens (including phenoxy) is 1. The number of hydrogen-bond acceptors (Lipinski definition) is 4. The lowest BCUT2D eigenvalue weighted by atomic mass is 10.0. The Bertz CT molecular complexity index is 396. The van der Waals surface area contributed by atoms with Crippen molar-refractivity contribution in [3.05, 3.63) is 30.1 Å². The zero-order valence-corrected chi connectivity index (χ0v) is 10.5. The molecule has 2 heterocycles. The summed E-state index contributed by atoms with van der Waals surface area (Å²) in [5, 5.41) is 9.18. The Morgan fingerprint density at radius 2 is 2.22 bits per heavy atom. The second-order valence-corrected chi connectivity index (χ2v) is 4.47. The predicted molar refractivity (Wildman–Crippen MR) is 66.1 cm³/mol. The van der Waals surface area contributed by atoms with E-state index in [4.69, 9.17) is 4.74 Å². The Kier molecular flexibility index (Phi) is 4.28. The Labute approximate surface area is 106 Å². The van der Waals surface area contributed by atoms with Gasteiger partial charge in [0, 0.05) is 25.0 Å². The number of carbonyl (C=O) groups is 1. The molecule has 18 heavy (non-hydrogen) atoms. The Morgan fingerprint density at radius 3 is 2.83 bits per heavy atom. The van der Waals surface area contributed by atoms with Crippen LogP contribution in [-0.4, -0.2) is 46.8 Å². The minimum absolute atomic E-state index is 0.0411. The summed E-state index contributed by atoms with van der Waals surface area (Å²) in [6.45, 7) is 4.39. The van der Waals surface area contributed by atoms with Crippen LogP contribution in [-0.2, 0) is 16.1 Å². The number of aliphatic carboxylic acids is 1. The lowest BCUT2D eigenvalue weighted by molar-refractivity contribution is -0.143. The number of likely N-dealkylation sites (N-methyl/N-ethyl adjacent to an activating group) is 1. The summed E-state index contributed by atoms with van der Waals surface area (Å²) < 4.78 is 5.32. The highest BCUT2D eigenvalue weighted by Gasteiger charge is 2.37. The van der Waals surface area contributed by atoms with Crippen LogP contribution in [0.4, 0.5) is 0 Å². The molecule has 0 spiro atoms. The number of hydrogen-bond donors (Lipinski definition) is 1. The summed E-state index contributed by atoms with van der Waals surface area (Å²) in [5.41, 5.74) is 1.14. The molecule has 1 aromatic heterocycles. The summed E-state index contributed by atoms with van der Waals surface area (Å²) in [6, 6.07) is 3.86. The molecular weight excluding hydrogens is 232 g/mol. The van der Waals surface area contributed by atoms with Gasteiger partial charge in [0.2, 0.25) is 0 Å². The van der Waals surface area contributed by atoms with Crippen molar-refractivity contribution in [3.8, 4) is 0 Å². The van der Waals surface area contributed by atoms with Crippen molar-refractivity contribution in [1.82, 2.24) is 9.88 Å². The molecule has 1 fully saturated rings. The summed E-state index contributed by atoms with van der Waals surface area (Å²) >= 11 is 0. The smallest absolute Gasteiger partial charge is 0.310 e. The van der Waals surface area contributed by atoms with Gasteiger partial charge >= 0.3 is 5.97 Å². The molecule has 1 aromatic rings. The molecule has 5 heteroatoms. The first-order valence-corrected chi connectivity index (χ1v) is 6.16. The molecule has 0 saturated carbocycles. The van der Waals surface area contributed by atoms with Gasteiger partial charge in [-0.3, -0.25) is 14.7 Å². The zero-order chi connectivity index (χ0) is 13.0. The van der Waals surface area contributed by atoms with E-state index in [-0.39, 0.29) is 6.04 Å². The van der Waals surface area contributed by atoms with Crippen LogP contribution in [0.5, 0.6) is 0 Å². The number of pyridine rings is 1. The summed E-state index contributed by atoms with van der Waals surface area (Å²) in [7, 11) is 0. The maximum Gasteiger partial charge on any atom is 0.310 e. The Balaban J connectivity index is 2.06. The quantitative estimate of drug-likeness (QED) is 0.844. The molecular formula is C13H18N2O3. The molecule has 98 valence electrons. The average molecular weight is 250 g/mol. The van der Waals surface area contributed by atoms with Crippen molar-refractivity contribution < 1.29 is 14.6 Å². The van der Waals surface area contributed by atoms with Gasteiger partial charge in [-0.15, -0.1) is 0 Å². The molecule has 1 aliphatic rings.